The molecule has 3 rings (SSSR count). The first kappa shape index (κ1) is 21.4. The molecule has 29 heavy (non-hydrogen) atoms. The lowest BCUT2D eigenvalue weighted by molar-refractivity contribution is -0.138. The lowest BCUT2D eigenvalue weighted by Crippen LogP contribution is -2.51. The van der Waals surface area contributed by atoms with Crippen LogP contribution in [0.3, 0.4) is 0 Å². The molecule has 3 heterocycles. The number of piperidine rings is 1. The maximum absolute atomic E-state index is 13.1. The second-order valence-corrected chi connectivity index (χ2v) is 8.02. The molecule has 0 aromatic carbocycles. The summed E-state index contributed by atoms with van der Waals surface area (Å²) in [6.45, 7) is 8.21. The Morgan fingerprint density at radius 1 is 1.03 bits per heavy atom. The van der Waals surface area contributed by atoms with Gasteiger partial charge in [-0.05, 0) is 38.8 Å². The van der Waals surface area contributed by atoms with Gasteiger partial charge in [-0.25, -0.2) is 4.79 Å². The summed E-state index contributed by atoms with van der Waals surface area (Å²) in [6, 6.07) is 0. The Balaban J connectivity index is 1.64. The van der Waals surface area contributed by atoms with Gasteiger partial charge in [0.05, 0.1) is 12.7 Å². The van der Waals surface area contributed by atoms with Gasteiger partial charge in [0.1, 0.15) is 5.69 Å². The highest BCUT2D eigenvalue weighted by molar-refractivity contribution is 6.00. The molecule has 160 valence electrons. The average Bonchev–Trinajstić information content (AvgIpc) is 3.09. The second kappa shape index (κ2) is 8.98. The van der Waals surface area contributed by atoms with Crippen LogP contribution in [0.25, 0.3) is 0 Å². The van der Waals surface area contributed by atoms with Crippen LogP contribution in [0, 0.1) is 12.8 Å². The third-order valence-corrected chi connectivity index (χ3v) is 6.23. The Labute approximate surface area is 172 Å². The van der Waals surface area contributed by atoms with E-state index in [2.05, 4.69) is 16.9 Å². The number of likely N-dealkylation sites (tertiary alicyclic amines) is 1. The fourth-order valence-electron chi connectivity index (χ4n) is 4.29. The molecule has 2 saturated heterocycles. The first-order valence-corrected chi connectivity index (χ1v) is 10.4. The Morgan fingerprint density at radius 2 is 1.66 bits per heavy atom. The van der Waals surface area contributed by atoms with Crippen molar-refractivity contribution in [3.63, 3.8) is 0 Å². The van der Waals surface area contributed by atoms with Crippen molar-refractivity contribution in [2.24, 2.45) is 5.92 Å². The number of aromatic amines is 1. The van der Waals surface area contributed by atoms with Crippen molar-refractivity contribution in [3.8, 4) is 0 Å². The quantitative estimate of drug-likeness (QED) is 0.765. The Hall–Kier alpha value is -2.35. The van der Waals surface area contributed by atoms with E-state index in [0.717, 1.165) is 31.9 Å². The molecular weight excluding hydrogens is 372 g/mol. The van der Waals surface area contributed by atoms with Gasteiger partial charge in [0, 0.05) is 50.9 Å². The lowest BCUT2D eigenvalue weighted by atomic mass is 9.94. The molecule has 2 fully saturated rings. The molecule has 1 aromatic rings. The number of nitrogens with zero attached hydrogens (tertiary/aromatic N) is 3. The molecule has 1 aromatic heterocycles. The van der Waals surface area contributed by atoms with Crippen molar-refractivity contribution in [2.75, 3.05) is 53.4 Å². The van der Waals surface area contributed by atoms with Crippen LogP contribution >= 0.6 is 0 Å². The van der Waals surface area contributed by atoms with Gasteiger partial charge in [0.25, 0.3) is 5.91 Å². The zero-order valence-corrected chi connectivity index (χ0v) is 17.9. The minimum atomic E-state index is -0.425. The smallest absolute Gasteiger partial charge is 0.339 e. The number of hydrogen-bond donors (Lipinski definition) is 1. The molecule has 0 atom stereocenters. The van der Waals surface area contributed by atoms with Gasteiger partial charge in [0.15, 0.2) is 0 Å². The fraction of sp³-hybridized carbons (Fsp3) is 0.667. The molecule has 2 aliphatic rings. The standard InChI is InChI=1S/C21H32N4O4/c1-5-16-17(21(28)29-4)14(2)18(22-16)20(27)24-8-6-15(7-9-24)19(26)25-12-10-23(3)11-13-25/h15,22H,5-13H2,1-4H3. The number of rotatable bonds is 4. The topological polar surface area (TPSA) is 86.0 Å². The largest absolute Gasteiger partial charge is 0.465 e. The van der Waals surface area contributed by atoms with Crippen LogP contribution in [0.5, 0.6) is 0 Å². The molecular formula is C21H32N4O4. The highest BCUT2D eigenvalue weighted by Gasteiger charge is 2.33. The minimum absolute atomic E-state index is 0.0102. The third-order valence-electron chi connectivity index (χ3n) is 6.23. The number of aryl methyl sites for hydroxylation is 1. The SMILES string of the molecule is CCc1[nH]c(C(=O)N2CCC(C(=O)N3CCN(C)CC3)CC2)c(C)c1C(=O)OC. The molecule has 8 heteroatoms. The lowest BCUT2D eigenvalue weighted by Gasteiger charge is -2.37. The van der Waals surface area contributed by atoms with Gasteiger partial charge >= 0.3 is 5.97 Å². The van der Waals surface area contributed by atoms with Crippen molar-refractivity contribution >= 4 is 17.8 Å². The first-order chi connectivity index (χ1) is 13.9. The second-order valence-electron chi connectivity index (χ2n) is 8.02. The van der Waals surface area contributed by atoms with Gasteiger partial charge in [0.2, 0.25) is 5.91 Å². The van der Waals surface area contributed by atoms with Gasteiger partial charge in [-0.1, -0.05) is 6.92 Å². The van der Waals surface area contributed by atoms with E-state index >= 15 is 0 Å². The van der Waals surface area contributed by atoms with E-state index < -0.39 is 5.97 Å². The molecule has 2 aliphatic heterocycles. The highest BCUT2D eigenvalue weighted by Crippen LogP contribution is 2.25. The Kier molecular flexibility index (Phi) is 6.62. The predicted octanol–water partition coefficient (Wildman–Crippen LogP) is 1.30. The molecule has 0 unspecified atom stereocenters. The van der Waals surface area contributed by atoms with Crippen LogP contribution in [0.2, 0.25) is 0 Å². The van der Waals surface area contributed by atoms with E-state index in [1.54, 1.807) is 11.8 Å². The number of H-pyrrole nitrogens is 1. The van der Waals surface area contributed by atoms with Crippen LogP contribution in [0.4, 0.5) is 0 Å². The molecule has 0 aliphatic carbocycles. The molecule has 8 nitrogen and oxygen atoms in total. The van der Waals surface area contributed by atoms with Crippen molar-refractivity contribution in [1.82, 2.24) is 19.7 Å². The normalized spacial score (nSPS) is 18.8. The summed E-state index contributed by atoms with van der Waals surface area (Å²) in [5, 5.41) is 0. The zero-order valence-electron chi connectivity index (χ0n) is 17.9. The van der Waals surface area contributed by atoms with Crippen LogP contribution in [-0.4, -0.2) is 90.9 Å². The number of esters is 1. The Morgan fingerprint density at radius 3 is 2.21 bits per heavy atom. The number of aromatic nitrogens is 1. The van der Waals surface area contributed by atoms with Crippen molar-refractivity contribution < 1.29 is 19.1 Å². The summed E-state index contributed by atoms with van der Waals surface area (Å²) in [5.41, 5.74) is 2.26. The van der Waals surface area contributed by atoms with Crippen LogP contribution in [0.15, 0.2) is 0 Å². The van der Waals surface area contributed by atoms with Crippen molar-refractivity contribution in [1.29, 1.82) is 0 Å². The number of carbonyl (C=O) groups is 3. The number of carbonyl (C=O) groups excluding carboxylic acids is 3. The van der Waals surface area contributed by atoms with Crippen LogP contribution in [0.1, 0.15) is 51.9 Å². The predicted molar refractivity (Wildman–Crippen MR) is 109 cm³/mol. The maximum atomic E-state index is 13.1. The van der Waals surface area contributed by atoms with Gasteiger partial charge in [-0.2, -0.15) is 0 Å². The fourth-order valence-corrected chi connectivity index (χ4v) is 4.29. The molecule has 0 bridgehead atoms. The van der Waals surface area contributed by atoms with Gasteiger partial charge in [-0.3, -0.25) is 9.59 Å². The molecule has 0 spiro atoms. The summed E-state index contributed by atoms with van der Waals surface area (Å²) >= 11 is 0. The van der Waals surface area contributed by atoms with E-state index in [9.17, 15) is 14.4 Å². The van der Waals surface area contributed by atoms with Crippen LogP contribution in [-0.2, 0) is 16.0 Å². The number of ether oxygens (including phenoxy) is 1. The minimum Gasteiger partial charge on any atom is -0.465 e. The summed E-state index contributed by atoms with van der Waals surface area (Å²) in [4.78, 5) is 47.1. The van der Waals surface area contributed by atoms with E-state index in [4.69, 9.17) is 4.74 Å². The third kappa shape index (κ3) is 4.32. The summed E-state index contributed by atoms with van der Waals surface area (Å²) < 4.78 is 4.87. The maximum Gasteiger partial charge on any atom is 0.339 e. The van der Waals surface area contributed by atoms with E-state index in [-0.39, 0.29) is 17.7 Å². The van der Waals surface area contributed by atoms with E-state index in [1.807, 2.05) is 11.8 Å². The highest BCUT2D eigenvalue weighted by atomic mass is 16.5. The first-order valence-electron chi connectivity index (χ1n) is 10.4. The average molecular weight is 405 g/mol. The van der Waals surface area contributed by atoms with Crippen molar-refractivity contribution in [2.45, 2.75) is 33.1 Å². The summed E-state index contributed by atoms with van der Waals surface area (Å²) in [5.74, 6) is -0.324. The molecule has 1 N–H and O–H groups in total. The summed E-state index contributed by atoms with van der Waals surface area (Å²) in [7, 11) is 3.42. The van der Waals surface area contributed by atoms with E-state index in [1.165, 1.54) is 7.11 Å². The molecule has 0 radical (unpaired) electrons. The number of nitrogens with one attached hydrogen (secondary N) is 1. The van der Waals surface area contributed by atoms with Gasteiger partial charge in [-0.15, -0.1) is 0 Å². The Bertz CT molecular complexity index is 772. The molecule has 2 amide bonds. The number of piperazine rings is 1. The number of likely N-dealkylation sites (N-methyl/N-ethyl adjacent to an activating group) is 1. The number of methoxy groups -OCH3 is 1. The monoisotopic (exact) mass is 404 g/mol. The number of hydrogen-bond acceptors (Lipinski definition) is 5. The van der Waals surface area contributed by atoms with E-state index in [0.29, 0.717) is 49.2 Å². The van der Waals surface area contributed by atoms with Gasteiger partial charge < -0.3 is 24.4 Å². The van der Waals surface area contributed by atoms with Crippen LogP contribution < -0.4 is 0 Å². The number of amides is 2. The molecule has 0 saturated carbocycles. The summed E-state index contributed by atoms with van der Waals surface area (Å²) in [6.07, 6.45) is 1.97. The zero-order chi connectivity index (χ0) is 21.1. The van der Waals surface area contributed by atoms with Crippen molar-refractivity contribution in [3.05, 3.63) is 22.5 Å².